The topological polar surface area (TPSA) is 246 Å². The van der Waals surface area contributed by atoms with Crippen LogP contribution >= 0.6 is 0 Å². The van der Waals surface area contributed by atoms with E-state index in [1.54, 1.807) is 0 Å². The molecule has 0 radical (unpaired) electrons. The van der Waals surface area contributed by atoms with Gasteiger partial charge >= 0.3 is 0 Å². The molecule has 13 nitrogen and oxygen atoms in total. The van der Waals surface area contributed by atoms with Crippen molar-refractivity contribution in [1.29, 1.82) is 0 Å². The number of aliphatic hydroxyl groups excluding tert-OH is 10. The van der Waals surface area contributed by atoms with Gasteiger partial charge in [-0.15, -0.1) is 0 Å². The first kappa shape index (κ1) is 28.1. The van der Waals surface area contributed by atoms with E-state index in [2.05, 4.69) is 0 Å². The summed E-state index contributed by atoms with van der Waals surface area (Å²) in [5.41, 5.74) is 0. The number of carbonyl (C=O) groups is 2. The first-order chi connectivity index (χ1) is 12.7. The van der Waals surface area contributed by atoms with Crippen LogP contribution in [0.4, 0.5) is 0 Å². The van der Waals surface area contributed by atoms with Gasteiger partial charge in [0.25, 0.3) is 0 Å². The third-order valence-corrected chi connectivity index (χ3v) is 3.22. The molecule has 27 heavy (non-hydrogen) atoms. The predicted molar refractivity (Wildman–Crippen MR) is 85.2 cm³/mol. The standard InChI is InChI=1S/C12H22O11.C2H6O2/c13-1-5(17)9(19)11(21)7(3-15)23-8(4-16)12(22)10(20)6(18)2-14;3-1-2-4/h3-14,17-22H,1-2H2;3-4H,1-2H2/t5-,6-,7+,8+,9-,10-,11-,12-;/m1./s1. The smallest absolute Gasteiger partial charge is 0.151 e. The highest BCUT2D eigenvalue weighted by molar-refractivity contribution is 5.61. The van der Waals surface area contributed by atoms with Gasteiger partial charge in [-0.05, 0) is 0 Å². The Balaban J connectivity index is 0. The van der Waals surface area contributed by atoms with Crippen molar-refractivity contribution in [3.8, 4) is 0 Å². The number of hydrogen-bond donors (Lipinski definition) is 10. The van der Waals surface area contributed by atoms with E-state index >= 15 is 0 Å². The Morgan fingerprint density at radius 1 is 0.593 bits per heavy atom. The molecule has 13 heteroatoms. The second kappa shape index (κ2) is 15.9. The first-order valence-electron chi connectivity index (χ1n) is 7.74. The molecule has 0 aliphatic rings. The minimum atomic E-state index is -2.05. The van der Waals surface area contributed by atoms with Gasteiger partial charge in [-0.25, -0.2) is 0 Å². The van der Waals surface area contributed by atoms with E-state index in [0.29, 0.717) is 0 Å². The molecule has 0 bridgehead atoms. The minimum absolute atomic E-state index is 0.0317. The lowest BCUT2D eigenvalue weighted by Gasteiger charge is -2.30. The summed E-state index contributed by atoms with van der Waals surface area (Å²) in [5, 5.41) is 89.2. The molecule has 10 N–H and O–H groups in total. The Bertz CT molecular complexity index is 348. The Hall–Kier alpha value is -1.10. The fourth-order valence-electron chi connectivity index (χ4n) is 1.63. The van der Waals surface area contributed by atoms with Crippen molar-refractivity contribution in [3.05, 3.63) is 0 Å². The first-order valence-corrected chi connectivity index (χ1v) is 7.74. The van der Waals surface area contributed by atoms with E-state index in [1.807, 2.05) is 0 Å². The van der Waals surface area contributed by atoms with Gasteiger partial charge in [0.2, 0.25) is 0 Å². The van der Waals surface area contributed by atoms with E-state index in [-0.39, 0.29) is 25.8 Å². The molecule has 0 unspecified atom stereocenters. The van der Waals surface area contributed by atoms with Crippen molar-refractivity contribution in [1.82, 2.24) is 0 Å². The number of aliphatic hydroxyl groups is 10. The molecule has 0 spiro atoms. The van der Waals surface area contributed by atoms with E-state index in [0.717, 1.165) is 0 Å². The summed E-state index contributed by atoms with van der Waals surface area (Å²) in [6, 6.07) is 0. The molecular formula is C14H28O13. The summed E-state index contributed by atoms with van der Waals surface area (Å²) < 4.78 is 4.76. The van der Waals surface area contributed by atoms with E-state index in [4.69, 9.17) is 25.2 Å². The van der Waals surface area contributed by atoms with Crippen LogP contribution in [0.25, 0.3) is 0 Å². The molecule has 0 aliphatic heterocycles. The fourth-order valence-corrected chi connectivity index (χ4v) is 1.63. The SMILES string of the molecule is O=C[C@H](O[C@@H](C=O)[C@@H](O)[C@H](O)[C@H](O)CO)[C@@H](O)[C@H](O)[C@H](O)CO.OCCO. The molecular weight excluding hydrogens is 376 g/mol. The third-order valence-electron chi connectivity index (χ3n) is 3.22. The Morgan fingerprint density at radius 2 is 0.889 bits per heavy atom. The summed E-state index contributed by atoms with van der Waals surface area (Å²) in [7, 11) is 0. The van der Waals surface area contributed by atoms with Gasteiger partial charge in [-0.1, -0.05) is 0 Å². The van der Waals surface area contributed by atoms with Crippen LogP contribution in [0.1, 0.15) is 0 Å². The molecule has 0 aliphatic carbocycles. The van der Waals surface area contributed by atoms with E-state index in [9.17, 15) is 40.2 Å². The fraction of sp³-hybridized carbons (Fsp3) is 0.857. The molecule has 0 saturated carbocycles. The third kappa shape index (κ3) is 10.1. The second-order valence-electron chi connectivity index (χ2n) is 5.25. The highest BCUT2D eigenvalue weighted by Crippen LogP contribution is 2.13. The zero-order valence-corrected chi connectivity index (χ0v) is 14.3. The van der Waals surface area contributed by atoms with Crippen LogP contribution in [0.3, 0.4) is 0 Å². The van der Waals surface area contributed by atoms with Gasteiger partial charge < -0.3 is 65.4 Å². The van der Waals surface area contributed by atoms with Gasteiger partial charge in [0.15, 0.2) is 12.6 Å². The Labute approximate surface area is 154 Å². The average molecular weight is 404 g/mol. The number of aldehydes is 2. The maximum absolute atomic E-state index is 10.9. The van der Waals surface area contributed by atoms with Crippen molar-refractivity contribution >= 4 is 12.6 Å². The Kier molecular flexibility index (Phi) is 16.6. The predicted octanol–water partition coefficient (Wildman–Crippen LogP) is -6.74. The molecule has 8 atom stereocenters. The van der Waals surface area contributed by atoms with Crippen LogP contribution in [-0.4, -0.2) is 139 Å². The van der Waals surface area contributed by atoms with Crippen LogP contribution in [-0.2, 0) is 14.3 Å². The maximum atomic E-state index is 10.9. The summed E-state index contributed by atoms with van der Waals surface area (Å²) in [5.74, 6) is 0. The molecule has 0 aromatic heterocycles. The van der Waals surface area contributed by atoms with Crippen molar-refractivity contribution < 1.29 is 65.4 Å². The van der Waals surface area contributed by atoms with Crippen LogP contribution in [0.5, 0.6) is 0 Å². The minimum Gasteiger partial charge on any atom is -0.394 e. The summed E-state index contributed by atoms with van der Waals surface area (Å²) >= 11 is 0. The lowest BCUT2D eigenvalue weighted by Crippen LogP contribution is -2.52. The highest BCUT2D eigenvalue weighted by Gasteiger charge is 2.37. The van der Waals surface area contributed by atoms with Crippen molar-refractivity contribution in [2.75, 3.05) is 26.4 Å². The summed E-state index contributed by atoms with van der Waals surface area (Å²) in [4.78, 5) is 21.8. The monoisotopic (exact) mass is 404 g/mol. The molecule has 0 rings (SSSR count). The summed E-state index contributed by atoms with van der Waals surface area (Å²) in [6.07, 6.45) is -15.5. The molecule has 0 heterocycles. The molecule has 0 aromatic rings. The second-order valence-corrected chi connectivity index (χ2v) is 5.25. The van der Waals surface area contributed by atoms with Gasteiger partial charge in [-0.3, -0.25) is 0 Å². The lowest BCUT2D eigenvalue weighted by molar-refractivity contribution is -0.180. The average Bonchev–Trinajstić information content (AvgIpc) is 2.71. The van der Waals surface area contributed by atoms with Gasteiger partial charge in [0.1, 0.15) is 48.8 Å². The number of hydrogen-bond acceptors (Lipinski definition) is 13. The van der Waals surface area contributed by atoms with Crippen LogP contribution in [0, 0.1) is 0 Å². The van der Waals surface area contributed by atoms with Crippen LogP contribution < -0.4 is 0 Å². The molecule has 0 aromatic carbocycles. The zero-order chi connectivity index (χ0) is 21.6. The van der Waals surface area contributed by atoms with Gasteiger partial charge in [0, 0.05) is 0 Å². The van der Waals surface area contributed by atoms with Crippen molar-refractivity contribution in [3.63, 3.8) is 0 Å². The summed E-state index contributed by atoms with van der Waals surface area (Å²) in [6.45, 7) is -2.10. The normalized spacial score (nSPS) is 20.1. The van der Waals surface area contributed by atoms with Crippen molar-refractivity contribution in [2.24, 2.45) is 0 Å². The van der Waals surface area contributed by atoms with Crippen LogP contribution in [0.15, 0.2) is 0 Å². The highest BCUT2D eigenvalue weighted by atomic mass is 16.5. The quantitative estimate of drug-likeness (QED) is 0.128. The molecule has 0 saturated heterocycles. The molecule has 0 fully saturated rings. The molecule has 162 valence electrons. The van der Waals surface area contributed by atoms with Crippen LogP contribution in [0.2, 0.25) is 0 Å². The maximum Gasteiger partial charge on any atom is 0.151 e. The van der Waals surface area contributed by atoms with E-state index < -0.39 is 62.0 Å². The van der Waals surface area contributed by atoms with Gasteiger partial charge in [-0.2, -0.15) is 0 Å². The molecule has 0 amide bonds. The lowest BCUT2D eigenvalue weighted by atomic mass is 10.0. The largest absolute Gasteiger partial charge is 0.394 e. The van der Waals surface area contributed by atoms with Crippen molar-refractivity contribution in [2.45, 2.75) is 48.8 Å². The number of ether oxygens (including phenoxy) is 1. The van der Waals surface area contributed by atoms with Gasteiger partial charge in [0.05, 0.1) is 26.4 Å². The number of carbonyl (C=O) groups excluding carboxylic acids is 2. The zero-order valence-electron chi connectivity index (χ0n) is 14.3. The Morgan fingerprint density at radius 3 is 1.07 bits per heavy atom. The van der Waals surface area contributed by atoms with E-state index in [1.165, 1.54) is 0 Å². The number of rotatable bonds is 13.